The van der Waals surface area contributed by atoms with Gasteiger partial charge in [0.15, 0.2) is 0 Å². The zero-order valence-corrected chi connectivity index (χ0v) is 18.7. The van der Waals surface area contributed by atoms with Gasteiger partial charge in [0.1, 0.15) is 6.61 Å². The van der Waals surface area contributed by atoms with E-state index in [2.05, 4.69) is 29.6 Å². The largest absolute Gasteiger partial charge is 0.481 e. The van der Waals surface area contributed by atoms with Gasteiger partial charge in [0.2, 0.25) is 5.91 Å². The molecular weight excluding hydrogens is 420 g/mol. The number of alkyl carbamates (subject to hydrolysis) is 1. The number of rotatable bonds is 9. The number of nitrogens with zero attached hydrogens (tertiary/aromatic N) is 1. The Morgan fingerprint density at radius 3 is 2.33 bits per heavy atom. The summed E-state index contributed by atoms with van der Waals surface area (Å²) >= 11 is 0. The van der Waals surface area contributed by atoms with Crippen LogP contribution in [0.15, 0.2) is 48.5 Å². The minimum Gasteiger partial charge on any atom is -0.481 e. The summed E-state index contributed by atoms with van der Waals surface area (Å²) in [5, 5.41) is 11.8. The number of carbonyl (C=O) groups is 3. The zero-order chi connectivity index (χ0) is 23.2. The van der Waals surface area contributed by atoms with Crippen LogP contribution < -0.4 is 5.32 Å². The molecule has 2 aromatic carbocycles. The molecule has 1 aliphatic heterocycles. The number of ether oxygens (including phenoxy) is 1. The fourth-order valence-electron chi connectivity index (χ4n) is 4.96. The van der Waals surface area contributed by atoms with Gasteiger partial charge in [-0.05, 0) is 47.9 Å². The molecule has 0 aromatic heterocycles. The number of nitrogens with one attached hydrogen (secondary N) is 1. The second-order valence-corrected chi connectivity index (χ2v) is 8.69. The highest BCUT2D eigenvalue weighted by Gasteiger charge is 2.30. The molecule has 7 nitrogen and oxygen atoms in total. The van der Waals surface area contributed by atoms with Gasteiger partial charge in [-0.3, -0.25) is 9.59 Å². The van der Waals surface area contributed by atoms with Crippen molar-refractivity contribution in [1.82, 2.24) is 10.2 Å². The van der Waals surface area contributed by atoms with Crippen LogP contribution in [0.3, 0.4) is 0 Å². The van der Waals surface area contributed by atoms with Crippen molar-refractivity contribution in [2.45, 2.75) is 50.5 Å². The third-order valence-electron chi connectivity index (χ3n) is 6.54. The lowest BCUT2D eigenvalue weighted by Gasteiger charge is -2.23. The number of amides is 2. The molecule has 1 atom stereocenters. The Morgan fingerprint density at radius 2 is 1.67 bits per heavy atom. The number of likely N-dealkylation sites (tertiary alicyclic amines) is 1. The normalized spacial score (nSPS) is 16.8. The van der Waals surface area contributed by atoms with Crippen molar-refractivity contribution < 1.29 is 24.2 Å². The van der Waals surface area contributed by atoms with Crippen molar-refractivity contribution in [3.63, 3.8) is 0 Å². The molecule has 1 fully saturated rings. The standard InChI is InChI=1S/C26H30N2O5/c29-24(28-15-7-8-18(28)16-25(30)31)13-5-6-14-27-26(32)33-17-23-21-11-3-1-9-19(21)20-10-2-4-12-22(20)23/h1-4,9-12,18,23H,5-8,13-17H2,(H,27,32)(H,30,31). The predicted molar refractivity (Wildman–Crippen MR) is 124 cm³/mol. The Hall–Kier alpha value is -3.35. The van der Waals surface area contributed by atoms with Gasteiger partial charge in [-0.2, -0.15) is 0 Å². The fourth-order valence-corrected chi connectivity index (χ4v) is 4.96. The number of aliphatic carboxylic acids is 1. The third-order valence-corrected chi connectivity index (χ3v) is 6.54. The van der Waals surface area contributed by atoms with Crippen LogP contribution in [0.25, 0.3) is 11.1 Å². The molecule has 7 heteroatoms. The van der Waals surface area contributed by atoms with E-state index in [1.54, 1.807) is 4.90 Å². The second kappa shape index (κ2) is 10.5. The SMILES string of the molecule is O=C(O)CC1CCCN1C(=O)CCCCNC(=O)OCC1c2ccccc2-c2ccccc21. The summed E-state index contributed by atoms with van der Waals surface area (Å²) in [5.74, 6) is -0.841. The molecule has 0 spiro atoms. The highest BCUT2D eigenvalue weighted by Crippen LogP contribution is 2.44. The van der Waals surface area contributed by atoms with E-state index >= 15 is 0 Å². The van der Waals surface area contributed by atoms with Crippen molar-refractivity contribution in [1.29, 1.82) is 0 Å². The van der Waals surface area contributed by atoms with Crippen LogP contribution in [-0.4, -0.2) is 53.7 Å². The number of unbranched alkanes of at least 4 members (excludes halogenated alkanes) is 1. The molecule has 0 radical (unpaired) electrons. The Labute approximate surface area is 193 Å². The summed E-state index contributed by atoms with van der Waals surface area (Å²) in [6, 6.07) is 16.2. The van der Waals surface area contributed by atoms with E-state index in [0.29, 0.717) is 32.4 Å². The van der Waals surface area contributed by atoms with E-state index < -0.39 is 12.1 Å². The molecule has 2 aliphatic rings. The van der Waals surface area contributed by atoms with Crippen LogP contribution >= 0.6 is 0 Å². The van der Waals surface area contributed by atoms with Gasteiger partial charge < -0.3 is 20.1 Å². The van der Waals surface area contributed by atoms with Crippen molar-refractivity contribution in [3.05, 3.63) is 59.7 Å². The van der Waals surface area contributed by atoms with Gasteiger partial charge in [0.25, 0.3) is 0 Å². The first kappa shape index (κ1) is 22.8. The highest BCUT2D eigenvalue weighted by molar-refractivity contribution is 5.79. The van der Waals surface area contributed by atoms with Crippen molar-refractivity contribution in [3.8, 4) is 11.1 Å². The number of fused-ring (bicyclic) bond motifs is 3. The lowest BCUT2D eigenvalue weighted by atomic mass is 9.98. The lowest BCUT2D eigenvalue weighted by Crippen LogP contribution is -2.36. The van der Waals surface area contributed by atoms with Crippen molar-refractivity contribution in [2.24, 2.45) is 0 Å². The first-order valence-corrected chi connectivity index (χ1v) is 11.6. The van der Waals surface area contributed by atoms with E-state index in [9.17, 15) is 14.4 Å². The summed E-state index contributed by atoms with van der Waals surface area (Å²) in [4.78, 5) is 37.3. The van der Waals surface area contributed by atoms with Crippen molar-refractivity contribution >= 4 is 18.0 Å². The zero-order valence-electron chi connectivity index (χ0n) is 18.7. The van der Waals surface area contributed by atoms with Gasteiger partial charge >= 0.3 is 12.1 Å². The van der Waals surface area contributed by atoms with Crippen LogP contribution in [-0.2, 0) is 14.3 Å². The van der Waals surface area contributed by atoms with Crippen LogP contribution in [0, 0.1) is 0 Å². The molecule has 1 unspecified atom stereocenters. The smallest absolute Gasteiger partial charge is 0.407 e. The second-order valence-electron chi connectivity index (χ2n) is 8.69. The quantitative estimate of drug-likeness (QED) is 0.559. The fraction of sp³-hybridized carbons (Fsp3) is 0.423. The number of hydrogen-bond donors (Lipinski definition) is 2. The van der Waals surface area contributed by atoms with E-state index in [1.807, 2.05) is 24.3 Å². The molecule has 2 aromatic rings. The molecule has 2 N–H and O–H groups in total. The van der Waals surface area contributed by atoms with Crippen molar-refractivity contribution in [2.75, 3.05) is 19.7 Å². The maximum Gasteiger partial charge on any atom is 0.407 e. The number of benzene rings is 2. The van der Waals surface area contributed by atoms with E-state index in [-0.39, 0.29) is 30.9 Å². The number of carboxylic acid groups (broad SMARTS) is 1. The highest BCUT2D eigenvalue weighted by atomic mass is 16.5. The molecule has 4 rings (SSSR count). The molecule has 174 valence electrons. The van der Waals surface area contributed by atoms with Gasteiger partial charge in [0.05, 0.1) is 6.42 Å². The summed E-state index contributed by atoms with van der Waals surface area (Å²) in [6.45, 7) is 1.34. The molecule has 1 heterocycles. The number of hydrogen-bond acceptors (Lipinski definition) is 4. The molecule has 1 saturated heterocycles. The van der Waals surface area contributed by atoms with Gasteiger partial charge in [-0.15, -0.1) is 0 Å². The Kier molecular flexibility index (Phi) is 7.27. The molecule has 2 amide bonds. The van der Waals surface area contributed by atoms with Gasteiger partial charge in [-0.25, -0.2) is 4.79 Å². The first-order valence-electron chi connectivity index (χ1n) is 11.6. The molecular formula is C26H30N2O5. The van der Waals surface area contributed by atoms with Crippen LogP contribution in [0.4, 0.5) is 4.79 Å². The first-order chi connectivity index (χ1) is 16.0. The minimum atomic E-state index is -0.869. The Bertz CT molecular complexity index is 976. The predicted octanol–water partition coefficient (Wildman–Crippen LogP) is 4.16. The van der Waals surface area contributed by atoms with Crippen LogP contribution in [0.5, 0.6) is 0 Å². The average Bonchev–Trinajstić information content (AvgIpc) is 3.39. The van der Waals surface area contributed by atoms with Gasteiger partial charge in [-0.1, -0.05) is 48.5 Å². The summed E-state index contributed by atoms with van der Waals surface area (Å²) in [6.07, 6.45) is 2.82. The molecule has 0 saturated carbocycles. The molecule has 0 bridgehead atoms. The summed E-state index contributed by atoms with van der Waals surface area (Å²) < 4.78 is 5.52. The van der Waals surface area contributed by atoms with Crippen LogP contribution in [0.2, 0.25) is 0 Å². The maximum absolute atomic E-state index is 12.4. The maximum atomic E-state index is 12.4. The van der Waals surface area contributed by atoms with E-state index in [1.165, 1.54) is 22.3 Å². The Morgan fingerprint density at radius 1 is 1.00 bits per heavy atom. The summed E-state index contributed by atoms with van der Waals surface area (Å²) in [5.41, 5.74) is 4.73. The van der Waals surface area contributed by atoms with E-state index in [4.69, 9.17) is 9.84 Å². The lowest BCUT2D eigenvalue weighted by molar-refractivity contribution is -0.139. The van der Waals surface area contributed by atoms with E-state index in [0.717, 1.165) is 12.8 Å². The summed E-state index contributed by atoms with van der Waals surface area (Å²) in [7, 11) is 0. The molecule has 33 heavy (non-hydrogen) atoms. The average molecular weight is 451 g/mol. The topological polar surface area (TPSA) is 95.9 Å². The van der Waals surface area contributed by atoms with Gasteiger partial charge in [0, 0.05) is 31.5 Å². The third kappa shape index (κ3) is 5.35. The minimum absolute atomic E-state index is 0.000101. The Balaban J connectivity index is 1.17. The van der Waals surface area contributed by atoms with Crippen LogP contribution in [0.1, 0.15) is 55.6 Å². The molecule has 1 aliphatic carbocycles. The monoisotopic (exact) mass is 450 g/mol. The number of carboxylic acids is 1. The number of carbonyl (C=O) groups excluding carboxylic acids is 2.